The van der Waals surface area contributed by atoms with Crippen LogP contribution < -0.4 is 9.47 Å². The fourth-order valence-corrected chi connectivity index (χ4v) is 0.896. The summed E-state index contributed by atoms with van der Waals surface area (Å²) < 4.78 is 32.9. The molecule has 59 valence electrons. The average molecular weight is 165 g/mol. The van der Waals surface area contributed by atoms with Gasteiger partial charge in [0.2, 0.25) is 0 Å². The van der Waals surface area contributed by atoms with Crippen molar-refractivity contribution < 1.29 is 18.3 Å². The fraction of sp³-hybridized carbons (Fsp3) is 0.143. The van der Waals surface area contributed by atoms with Gasteiger partial charge in [0.25, 0.3) is 0 Å². The summed E-state index contributed by atoms with van der Waals surface area (Å²) in [6.07, 6.45) is -3.50. The van der Waals surface area contributed by atoms with Crippen LogP contribution in [0.15, 0.2) is 24.3 Å². The minimum Gasteiger partial charge on any atom is -0.395 e. The van der Waals surface area contributed by atoms with Crippen LogP contribution in [0.4, 0.5) is 8.78 Å². The number of halogens is 2. The maximum atomic E-state index is 12.3. The molecule has 1 aromatic carbocycles. The zero-order valence-electron chi connectivity index (χ0n) is 6.38. The van der Waals surface area contributed by atoms with E-state index in [9.17, 15) is 8.78 Å². The summed E-state index contributed by atoms with van der Waals surface area (Å²) in [5, 5.41) is 0. The van der Waals surface area contributed by atoms with E-state index in [-0.39, 0.29) is 30.4 Å². The third-order valence-corrected chi connectivity index (χ3v) is 1.31. The fourth-order valence-electron chi connectivity index (χ4n) is 0.896. The molecule has 2 nitrogen and oxygen atoms in total. The minimum absolute atomic E-state index is 0. The summed E-state index contributed by atoms with van der Waals surface area (Å²) in [6, 6.07) is 6.06. The molecule has 0 amide bonds. The molecule has 0 atom stereocenters. The quantitative estimate of drug-likeness (QED) is 0.544. The molecule has 0 N–H and O–H groups in total. The second kappa shape index (κ2) is 2.96. The Morgan fingerprint density at radius 1 is 1.00 bits per heavy atom. The van der Waals surface area contributed by atoms with Gasteiger partial charge in [-0.2, -0.15) is 0 Å². The van der Waals surface area contributed by atoms with E-state index in [0.717, 1.165) is 0 Å². The van der Waals surface area contributed by atoms with Crippen molar-refractivity contribution in [2.75, 3.05) is 0 Å². The second-order valence-electron chi connectivity index (χ2n) is 2.11. The first-order valence-corrected chi connectivity index (χ1v) is 3.02. The van der Waals surface area contributed by atoms with E-state index in [2.05, 4.69) is 9.47 Å². The van der Waals surface area contributed by atoms with Crippen molar-refractivity contribution in [2.45, 2.75) is 6.29 Å². The summed E-state index contributed by atoms with van der Waals surface area (Å²) in [6.45, 7) is 0. The zero-order chi connectivity index (χ0) is 7.90. The van der Waals surface area contributed by atoms with Crippen molar-refractivity contribution in [2.24, 2.45) is 0 Å². The molecule has 0 aliphatic carbocycles. The molecule has 1 aliphatic heterocycles. The minimum atomic E-state index is -3.50. The van der Waals surface area contributed by atoms with Gasteiger partial charge < -0.3 is 9.47 Å². The summed E-state index contributed by atoms with van der Waals surface area (Å²) in [7, 11) is 0. The number of ether oxygens (including phenoxy) is 2. The Kier molecular flexibility index (Phi) is 2.31. The summed E-state index contributed by atoms with van der Waals surface area (Å²) >= 11 is 0. The predicted molar refractivity (Wildman–Crippen MR) is 38.4 cm³/mol. The number of benzene rings is 1. The van der Waals surface area contributed by atoms with Gasteiger partial charge in [0.05, 0.1) is 0 Å². The molecule has 0 spiro atoms. The van der Waals surface area contributed by atoms with E-state index in [4.69, 9.17) is 0 Å². The van der Waals surface area contributed by atoms with Crippen molar-refractivity contribution in [3.63, 3.8) is 0 Å². The van der Waals surface area contributed by atoms with Gasteiger partial charge in [-0.15, -0.1) is 8.78 Å². The standard InChI is InChI=1S/C7H4F2O2.Li/c8-7(9)10-5-3-1-2-4-6(5)11-7;/h1-4H;. The molecule has 0 saturated heterocycles. The van der Waals surface area contributed by atoms with Crippen LogP contribution in [0.2, 0.25) is 0 Å². The molecule has 0 saturated carbocycles. The van der Waals surface area contributed by atoms with Crippen LogP contribution in [0, 0.1) is 0 Å². The van der Waals surface area contributed by atoms with Crippen molar-refractivity contribution in [3.05, 3.63) is 24.3 Å². The number of fused-ring (bicyclic) bond motifs is 1. The summed E-state index contributed by atoms with van der Waals surface area (Å²) in [5.74, 6) is 0.162. The van der Waals surface area contributed by atoms with E-state index in [0.29, 0.717) is 0 Å². The second-order valence-corrected chi connectivity index (χ2v) is 2.11. The number of para-hydroxylation sites is 2. The van der Waals surface area contributed by atoms with Gasteiger partial charge in [-0.1, -0.05) is 12.1 Å². The molecule has 0 aromatic heterocycles. The van der Waals surface area contributed by atoms with Crippen LogP contribution in [0.5, 0.6) is 11.5 Å². The molecule has 12 heavy (non-hydrogen) atoms. The largest absolute Gasteiger partial charge is 0.586 e. The zero-order valence-corrected chi connectivity index (χ0v) is 6.38. The maximum absolute atomic E-state index is 12.3. The molecular formula is C7H4F2LiO2. The third-order valence-electron chi connectivity index (χ3n) is 1.31. The van der Waals surface area contributed by atoms with Crippen LogP contribution >= 0.6 is 0 Å². The van der Waals surface area contributed by atoms with Gasteiger partial charge in [-0.05, 0) is 12.1 Å². The van der Waals surface area contributed by atoms with Gasteiger partial charge >= 0.3 is 6.29 Å². The van der Waals surface area contributed by atoms with Crippen molar-refractivity contribution >= 4 is 18.9 Å². The number of alkyl halides is 2. The van der Waals surface area contributed by atoms with E-state index in [1.165, 1.54) is 12.1 Å². The molecule has 1 radical (unpaired) electrons. The Morgan fingerprint density at radius 3 is 1.83 bits per heavy atom. The molecule has 1 aromatic rings. The Morgan fingerprint density at radius 2 is 1.42 bits per heavy atom. The average Bonchev–Trinajstić information content (AvgIpc) is 2.21. The molecule has 1 heterocycles. The van der Waals surface area contributed by atoms with Crippen LogP contribution in [0.3, 0.4) is 0 Å². The monoisotopic (exact) mass is 165 g/mol. The first kappa shape index (κ1) is 9.37. The number of rotatable bonds is 0. The summed E-state index contributed by atoms with van der Waals surface area (Å²) in [5.41, 5.74) is 0. The normalized spacial score (nSPS) is 16.8. The topological polar surface area (TPSA) is 18.5 Å². The Balaban J connectivity index is 0.000000720. The first-order valence-electron chi connectivity index (χ1n) is 3.02. The van der Waals surface area contributed by atoms with Crippen LogP contribution in [0.1, 0.15) is 0 Å². The van der Waals surface area contributed by atoms with Crippen LogP contribution in [-0.4, -0.2) is 25.2 Å². The van der Waals surface area contributed by atoms with Gasteiger partial charge in [-0.3, -0.25) is 0 Å². The van der Waals surface area contributed by atoms with Gasteiger partial charge in [0.1, 0.15) is 0 Å². The van der Waals surface area contributed by atoms with Gasteiger partial charge in [0, 0.05) is 18.9 Å². The Hall–Kier alpha value is -0.723. The molecule has 0 bridgehead atoms. The Bertz CT molecular complexity index is 263. The molecular weight excluding hydrogens is 161 g/mol. The van der Waals surface area contributed by atoms with Crippen molar-refractivity contribution in [1.29, 1.82) is 0 Å². The molecule has 2 rings (SSSR count). The summed E-state index contributed by atoms with van der Waals surface area (Å²) in [4.78, 5) is 0. The van der Waals surface area contributed by atoms with Crippen molar-refractivity contribution in [3.8, 4) is 11.5 Å². The van der Waals surface area contributed by atoms with Gasteiger partial charge in [-0.25, -0.2) is 0 Å². The van der Waals surface area contributed by atoms with Gasteiger partial charge in [0.15, 0.2) is 11.5 Å². The van der Waals surface area contributed by atoms with Crippen molar-refractivity contribution in [1.82, 2.24) is 0 Å². The first-order chi connectivity index (χ1) is 5.17. The van der Waals surface area contributed by atoms with E-state index >= 15 is 0 Å². The number of hydrogen-bond donors (Lipinski definition) is 0. The van der Waals surface area contributed by atoms with E-state index < -0.39 is 6.29 Å². The molecule has 5 heteroatoms. The maximum Gasteiger partial charge on any atom is 0.586 e. The van der Waals surface area contributed by atoms with Crippen LogP contribution in [0.25, 0.3) is 0 Å². The third kappa shape index (κ3) is 1.55. The van der Waals surface area contributed by atoms with Crippen LogP contribution in [-0.2, 0) is 0 Å². The van der Waals surface area contributed by atoms with E-state index in [1.54, 1.807) is 12.1 Å². The SMILES string of the molecule is FC1(F)Oc2ccccc2O1.[Li]. The molecule has 1 aliphatic rings. The smallest absolute Gasteiger partial charge is 0.395 e. The predicted octanol–water partition coefficient (Wildman–Crippen LogP) is 1.63. The molecule has 0 unspecified atom stereocenters. The van der Waals surface area contributed by atoms with E-state index in [1.807, 2.05) is 0 Å². The number of hydrogen-bond acceptors (Lipinski definition) is 2. The molecule has 0 fully saturated rings. The Labute approximate surface area is 79.6 Å².